The average Bonchev–Trinajstić information content (AvgIpc) is 3.15. The lowest BCUT2D eigenvalue weighted by Gasteiger charge is -2.34. The fourth-order valence-electron chi connectivity index (χ4n) is 6.16. The molecule has 0 aromatic heterocycles. The number of likely N-dealkylation sites (N-methyl/N-ethyl adjacent to an activating group) is 1. The standard InChI is InChI=1S/C42H39F3N2O5/c1-3-47(4-2)39(49)41(40(50)51,26-25-29-13-7-5-8-14-29)33-23-24-36(37(27-33)52-28-30-15-9-6-10-16-30)46-38(48)35-18-12-11-17-34(35)31-19-21-32(22-20-31)42(43,44)45/h5-24,27H,3-4,25-26,28H2,1-2H3,(H,46,48)(H,50,51). The first-order valence-electron chi connectivity index (χ1n) is 16.9. The van der Waals surface area contributed by atoms with Gasteiger partial charge in [-0.2, -0.15) is 13.2 Å². The van der Waals surface area contributed by atoms with Gasteiger partial charge in [0, 0.05) is 18.7 Å². The molecule has 0 heterocycles. The zero-order valence-electron chi connectivity index (χ0n) is 28.8. The van der Waals surface area contributed by atoms with Crippen LogP contribution in [0.2, 0.25) is 0 Å². The molecule has 2 N–H and O–H groups in total. The molecule has 1 unspecified atom stereocenters. The maximum Gasteiger partial charge on any atom is 0.416 e. The van der Waals surface area contributed by atoms with Gasteiger partial charge < -0.3 is 20.1 Å². The smallest absolute Gasteiger partial charge is 0.416 e. The van der Waals surface area contributed by atoms with Crippen LogP contribution in [-0.4, -0.2) is 40.9 Å². The van der Waals surface area contributed by atoms with Gasteiger partial charge in [-0.25, -0.2) is 0 Å². The van der Waals surface area contributed by atoms with E-state index in [1.165, 1.54) is 35.2 Å². The number of aliphatic carboxylic acids is 1. The van der Waals surface area contributed by atoms with E-state index >= 15 is 0 Å². The molecule has 0 bridgehead atoms. The fraction of sp³-hybridized carbons (Fsp3) is 0.214. The van der Waals surface area contributed by atoms with Crippen LogP contribution in [0.1, 0.15) is 52.9 Å². The Labute approximate surface area is 300 Å². The first kappa shape index (κ1) is 37.4. The minimum absolute atomic E-state index is 0.0357. The molecule has 0 saturated carbocycles. The Morgan fingerprint density at radius 1 is 0.731 bits per heavy atom. The Morgan fingerprint density at radius 2 is 1.31 bits per heavy atom. The summed E-state index contributed by atoms with van der Waals surface area (Å²) in [6.07, 6.45) is -4.24. The minimum atomic E-state index is -4.51. The highest BCUT2D eigenvalue weighted by Crippen LogP contribution is 2.39. The van der Waals surface area contributed by atoms with Crippen LogP contribution in [0.4, 0.5) is 18.9 Å². The van der Waals surface area contributed by atoms with Crippen molar-refractivity contribution in [1.29, 1.82) is 0 Å². The quantitative estimate of drug-likeness (QED) is 0.112. The molecule has 7 nitrogen and oxygen atoms in total. The first-order valence-corrected chi connectivity index (χ1v) is 16.9. The maximum absolute atomic E-state index is 14.2. The van der Waals surface area contributed by atoms with Crippen molar-refractivity contribution in [2.24, 2.45) is 0 Å². The number of nitrogens with zero attached hydrogens (tertiary/aromatic N) is 1. The number of carboxylic acid groups (broad SMARTS) is 1. The SMILES string of the molecule is CCN(CC)C(=O)C(CCc1ccccc1)(C(=O)O)c1ccc(NC(=O)c2ccccc2-c2ccc(C(F)(F)F)cc2)c(OCc2ccccc2)c1. The van der Waals surface area contributed by atoms with Crippen LogP contribution in [0.5, 0.6) is 5.75 Å². The van der Waals surface area contributed by atoms with Gasteiger partial charge in [0.25, 0.3) is 5.91 Å². The number of carboxylic acids is 1. The van der Waals surface area contributed by atoms with E-state index in [2.05, 4.69) is 5.32 Å². The summed E-state index contributed by atoms with van der Waals surface area (Å²) in [7, 11) is 0. The van der Waals surface area contributed by atoms with Gasteiger partial charge in [0.2, 0.25) is 5.91 Å². The van der Waals surface area contributed by atoms with Crippen molar-refractivity contribution in [2.75, 3.05) is 18.4 Å². The Balaban J connectivity index is 1.57. The van der Waals surface area contributed by atoms with Gasteiger partial charge >= 0.3 is 12.1 Å². The largest absolute Gasteiger partial charge is 0.487 e. The number of halogens is 3. The summed E-state index contributed by atoms with van der Waals surface area (Å²) in [5.74, 6) is -2.30. The molecule has 0 spiro atoms. The molecular formula is C42H39F3N2O5. The molecule has 0 radical (unpaired) electrons. The number of amides is 2. The molecule has 0 aliphatic heterocycles. The zero-order chi connectivity index (χ0) is 37.3. The van der Waals surface area contributed by atoms with Crippen LogP contribution in [0.15, 0.2) is 127 Å². The number of ether oxygens (including phenoxy) is 1. The number of hydrogen-bond acceptors (Lipinski definition) is 4. The molecule has 10 heteroatoms. The lowest BCUT2D eigenvalue weighted by molar-refractivity contribution is -0.154. The lowest BCUT2D eigenvalue weighted by atomic mass is 9.74. The Morgan fingerprint density at radius 3 is 1.90 bits per heavy atom. The third kappa shape index (κ3) is 8.34. The number of carbonyl (C=O) groups excluding carboxylic acids is 2. The van der Waals surface area contributed by atoms with Crippen molar-refractivity contribution in [3.05, 3.63) is 155 Å². The van der Waals surface area contributed by atoms with E-state index in [-0.39, 0.29) is 35.6 Å². The number of aryl methyl sites for hydroxylation is 1. The number of benzene rings is 5. The molecule has 52 heavy (non-hydrogen) atoms. The van der Waals surface area contributed by atoms with Crippen LogP contribution in [-0.2, 0) is 34.2 Å². The molecule has 268 valence electrons. The number of anilines is 1. The summed E-state index contributed by atoms with van der Waals surface area (Å²) >= 11 is 0. The highest BCUT2D eigenvalue weighted by molar-refractivity contribution is 6.10. The highest BCUT2D eigenvalue weighted by Gasteiger charge is 2.49. The highest BCUT2D eigenvalue weighted by atomic mass is 19.4. The number of carbonyl (C=O) groups is 3. The van der Waals surface area contributed by atoms with Gasteiger partial charge in [-0.05, 0) is 84.8 Å². The van der Waals surface area contributed by atoms with Crippen LogP contribution >= 0.6 is 0 Å². The topological polar surface area (TPSA) is 95.9 Å². The third-order valence-corrected chi connectivity index (χ3v) is 9.07. The molecule has 1 atom stereocenters. The van der Waals surface area contributed by atoms with Crippen molar-refractivity contribution >= 4 is 23.5 Å². The second kappa shape index (κ2) is 16.4. The summed E-state index contributed by atoms with van der Waals surface area (Å²) in [5.41, 5.74) is 0.316. The Hall–Kier alpha value is -5.90. The molecular weight excluding hydrogens is 669 g/mol. The van der Waals surface area contributed by atoms with Crippen molar-refractivity contribution < 1.29 is 37.4 Å². The zero-order valence-corrected chi connectivity index (χ0v) is 28.8. The van der Waals surface area contributed by atoms with Gasteiger partial charge in [-0.3, -0.25) is 14.4 Å². The number of alkyl halides is 3. The van der Waals surface area contributed by atoms with Gasteiger partial charge in [-0.1, -0.05) is 97.1 Å². The number of nitrogens with one attached hydrogen (secondary N) is 1. The fourth-order valence-corrected chi connectivity index (χ4v) is 6.16. The van der Waals surface area contributed by atoms with E-state index in [9.17, 15) is 32.7 Å². The van der Waals surface area contributed by atoms with E-state index in [1.807, 2.05) is 60.7 Å². The summed E-state index contributed by atoms with van der Waals surface area (Å²) in [5, 5.41) is 13.8. The molecule has 0 saturated heterocycles. The summed E-state index contributed by atoms with van der Waals surface area (Å²) < 4.78 is 46.0. The van der Waals surface area contributed by atoms with Gasteiger partial charge in [-0.15, -0.1) is 0 Å². The van der Waals surface area contributed by atoms with Crippen LogP contribution in [0.25, 0.3) is 11.1 Å². The van der Waals surface area contributed by atoms with Crippen molar-refractivity contribution in [2.45, 2.75) is 44.9 Å². The van der Waals surface area contributed by atoms with Crippen LogP contribution in [0.3, 0.4) is 0 Å². The van der Waals surface area contributed by atoms with E-state index < -0.39 is 34.9 Å². The molecule has 0 aliphatic carbocycles. The second-order valence-electron chi connectivity index (χ2n) is 12.2. The third-order valence-electron chi connectivity index (χ3n) is 9.07. The van der Waals surface area contributed by atoms with Crippen molar-refractivity contribution in [3.63, 3.8) is 0 Å². The molecule has 5 aromatic rings. The molecule has 5 aromatic carbocycles. The normalized spacial score (nSPS) is 12.4. The number of rotatable bonds is 14. The first-order chi connectivity index (χ1) is 25.0. The van der Waals surface area contributed by atoms with E-state index in [0.717, 1.165) is 23.3 Å². The van der Waals surface area contributed by atoms with Crippen molar-refractivity contribution in [1.82, 2.24) is 4.90 Å². The van der Waals surface area contributed by atoms with E-state index in [1.54, 1.807) is 38.1 Å². The number of hydrogen-bond donors (Lipinski definition) is 2. The monoisotopic (exact) mass is 708 g/mol. The van der Waals surface area contributed by atoms with Crippen LogP contribution in [0, 0.1) is 0 Å². The Kier molecular flexibility index (Phi) is 11.8. The Bertz CT molecular complexity index is 2000. The summed E-state index contributed by atoms with van der Waals surface area (Å²) in [4.78, 5) is 43.0. The van der Waals surface area contributed by atoms with Gasteiger partial charge in [0.15, 0.2) is 5.41 Å². The van der Waals surface area contributed by atoms with Gasteiger partial charge in [0.05, 0.1) is 11.3 Å². The van der Waals surface area contributed by atoms with E-state index in [0.29, 0.717) is 30.6 Å². The average molecular weight is 709 g/mol. The molecule has 0 fully saturated rings. The second-order valence-corrected chi connectivity index (χ2v) is 12.2. The lowest BCUT2D eigenvalue weighted by Crippen LogP contribution is -2.52. The molecule has 5 rings (SSSR count). The minimum Gasteiger partial charge on any atom is -0.487 e. The van der Waals surface area contributed by atoms with Crippen LogP contribution < -0.4 is 10.1 Å². The maximum atomic E-state index is 14.2. The molecule has 0 aliphatic rings. The summed E-state index contributed by atoms with van der Waals surface area (Å²) in [6, 6.07) is 34.2. The molecule has 2 amide bonds. The van der Waals surface area contributed by atoms with Crippen molar-refractivity contribution in [3.8, 4) is 16.9 Å². The summed E-state index contributed by atoms with van der Waals surface area (Å²) in [6.45, 7) is 4.27. The van der Waals surface area contributed by atoms with Gasteiger partial charge in [0.1, 0.15) is 12.4 Å². The predicted octanol–water partition coefficient (Wildman–Crippen LogP) is 9.03. The van der Waals surface area contributed by atoms with E-state index in [4.69, 9.17) is 4.74 Å². The predicted molar refractivity (Wildman–Crippen MR) is 194 cm³/mol.